The zero-order valence-electron chi connectivity index (χ0n) is 13.4. The van der Waals surface area contributed by atoms with Crippen LogP contribution in [0, 0.1) is 5.82 Å². The molecular weight excluding hydrogens is 319 g/mol. The number of hydrogen-bond acceptors (Lipinski definition) is 4. The molecular formula is C19H17FN4O. The molecule has 3 rings (SSSR count). The lowest BCUT2D eigenvalue weighted by atomic mass is 10.2. The summed E-state index contributed by atoms with van der Waals surface area (Å²) in [5.74, 6) is -0.558. The molecule has 0 radical (unpaired) electrons. The van der Waals surface area contributed by atoms with Crippen molar-refractivity contribution in [1.29, 1.82) is 0 Å². The first-order valence-corrected chi connectivity index (χ1v) is 7.84. The topological polar surface area (TPSA) is 66.9 Å². The van der Waals surface area contributed by atoms with Gasteiger partial charge in [-0.25, -0.2) is 4.39 Å². The van der Waals surface area contributed by atoms with Crippen LogP contribution in [0.15, 0.2) is 67.0 Å². The minimum atomic E-state index is -0.291. The van der Waals surface area contributed by atoms with Crippen molar-refractivity contribution in [3.63, 3.8) is 0 Å². The van der Waals surface area contributed by atoms with Crippen molar-refractivity contribution in [1.82, 2.24) is 15.3 Å². The minimum absolute atomic E-state index is 0.266. The normalized spacial score (nSPS) is 10.3. The second kappa shape index (κ2) is 8.01. The number of carbonyl (C=O) groups is 1. The quantitative estimate of drug-likeness (QED) is 0.726. The van der Waals surface area contributed by atoms with Crippen LogP contribution in [-0.2, 0) is 13.1 Å². The van der Waals surface area contributed by atoms with Gasteiger partial charge in [0.05, 0.1) is 12.2 Å². The Morgan fingerprint density at radius 3 is 2.60 bits per heavy atom. The van der Waals surface area contributed by atoms with Crippen LogP contribution in [0.5, 0.6) is 0 Å². The first-order valence-electron chi connectivity index (χ1n) is 7.84. The summed E-state index contributed by atoms with van der Waals surface area (Å²) in [5, 5.41) is 5.87. The van der Waals surface area contributed by atoms with Crippen LogP contribution in [0.1, 0.15) is 21.7 Å². The molecule has 126 valence electrons. The summed E-state index contributed by atoms with van der Waals surface area (Å²) in [6.07, 6.45) is 3.21. The lowest BCUT2D eigenvalue weighted by Gasteiger charge is -2.09. The van der Waals surface area contributed by atoms with Crippen molar-refractivity contribution < 1.29 is 9.18 Å². The molecule has 2 heterocycles. The maximum Gasteiger partial charge on any atom is 0.270 e. The summed E-state index contributed by atoms with van der Waals surface area (Å²) in [7, 11) is 0. The van der Waals surface area contributed by atoms with Crippen LogP contribution in [0.2, 0.25) is 0 Å². The van der Waals surface area contributed by atoms with Crippen LogP contribution in [0.3, 0.4) is 0 Å². The number of nitrogens with zero attached hydrogens (tertiary/aromatic N) is 2. The lowest BCUT2D eigenvalue weighted by Crippen LogP contribution is -2.24. The van der Waals surface area contributed by atoms with Gasteiger partial charge in [-0.1, -0.05) is 24.3 Å². The fourth-order valence-corrected chi connectivity index (χ4v) is 2.27. The van der Waals surface area contributed by atoms with Gasteiger partial charge in [-0.3, -0.25) is 14.8 Å². The molecule has 0 saturated heterocycles. The number of amides is 1. The van der Waals surface area contributed by atoms with Gasteiger partial charge in [-0.15, -0.1) is 0 Å². The highest BCUT2D eigenvalue weighted by Gasteiger charge is 2.08. The molecule has 0 saturated carbocycles. The van der Waals surface area contributed by atoms with Crippen molar-refractivity contribution >= 4 is 11.6 Å². The molecule has 0 aliphatic heterocycles. The predicted octanol–water partition coefficient (Wildman–Crippen LogP) is 3.16. The zero-order valence-corrected chi connectivity index (χ0v) is 13.4. The second-order valence-electron chi connectivity index (χ2n) is 5.38. The third-order valence-corrected chi connectivity index (χ3v) is 3.59. The molecule has 0 aliphatic carbocycles. The van der Waals surface area contributed by atoms with E-state index in [1.807, 2.05) is 18.2 Å². The van der Waals surface area contributed by atoms with Gasteiger partial charge in [0.1, 0.15) is 11.5 Å². The van der Waals surface area contributed by atoms with Gasteiger partial charge in [0.25, 0.3) is 5.91 Å². The van der Waals surface area contributed by atoms with E-state index in [-0.39, 0.29) is 17.4 Å². The molecule has 2 N–H and O–H groups in total. The van der Waals surface area contributed by atoms with E-state index in [1.165, 1.54) is 6.07 Å². The highest BCUT2D eigenvalue weighted by atomic mass is 19.1. The van der Waals surface area contributed by atoms with Crippen LogP contribution in [0.25, 0.3) is 0 Å². The summed E-state index contributed by atoms with van der Waals surface area (Å²) in [5.41, 5.74) is 2.31. The Morgan fingerprint density at radius 2 is 1.80 bits per heavy atom. The van der Waals surface area contributed by atoms with Crippen LogP contribution < -0.4 is 10.6 Å². The zero-order chi connectivity index (χ0) is 17.5. The van der Waals surface area contributed by atoms with Crippen molar-refractivity contribution in [3.05, 3.63) is 89.8 Å². The van der Waals surface area contributed by atoms with Crippen LogP contribution in [-0.4, -0.2) is 15.9 Å². The molecule has 0 atom stereocenters. The third-order valence-electron chi connectivity index (χ3n) is 3.59. The maximum atomic E-state index is 13.6. The molecule has 1 amide bonds. The summed E-state index contributed by atoms with van der Waals surface area (Å²) < 4.78 is 13.6. The first kappa shape index (κ1) is 16.6. The lowest BCUT2D eigenvalue weighted by molar-refractivity contribution is 0.0945. The van der Waals surface area contributed by atoms with Gasteiger partial charge >= 0.3 is 0 Å². The summed E-state index contributed by atoms with van der Waals surface area (Å²) in [6.45, 7) is 0.653. The number of pyridine rings is 2. The Labute approximate surface area is 145 Å². The van der Waals surface area contributed by atoms with Crippen molar-refractivity contribution in [2.24, 2.45) is 0 Å². The maximum absolute atomic E-state index is 13.6. The number of nitrogens with one attached hydrogen (secondary N) is 2. The van der Waals surface area contributed by atoms with E-state index in [4.69, 9.17) is 0 Å². The Balaban J connectivity index is 1.61. The van der Waals surface area contributed by atoms with E-state index in [1.54, 1.807) is 42.7 Å². The Hall–Kier alpha value is -3.28. The van der Waals surface area contributed by atoms with E-state index >= 15 is 0 Å². The monoisotopic (exact) mass is 336 g/mol. The van der Waals surface area contributed by atoms with Gasteiger partial charge in [0.15, 0.2) is 0 Å². The van der Waals surface area contributed by atoms with E-state index in [0.717, 1.165) is 5.69 Å². The van der Waals surface area contributed by atoms with Crippen molar-refractivity contribution in [2.45, 2.75) is 13.1 Å². The first-order chi connectivity index (χ1) is 12.2. The highest BCUT2D eigenvalue weighted by molar-refractivity contribution is 5.93. The smallest absolute Gasteiger partial charge is 0.270 e. The SMILES string of the molecule is O=C(NCc1ccccn1)c1cc(NCc2ccccc2F)ccn1. The summed E-state index contributed by atoms with van der Waals surface area (Å²) in [4.78, 5) is 20.4. The van der Waals surface area contributed by atoms with Gasteiger partial charge in [-0.05, 0) is 30.3 Å². The van der Waals surface area contributed by atoms with Crippen LogP contribution >= 0.6 is 0 Å². The Kier molecular flexibility index (Phi) is 5.31. The second-order valence-corrected chi connectivity index (χ2v) is 5.38. The van der Waals surface area contributed by atoms with E-state index in [2.05, 4.69) is 20.6 Å². The number of halogens is 1. The molecule has 6 heteroatoms. The molecule has 25 heavy (non-hydrogen) atoms. The number of benzene rings is 1. The van der Waals surface area contributed by atoms with Gasteiger partial charge in [-0.2, -0.15) is 0 Å². The van der Waals surface area contributed by atoms with Gasteiger partial charge < -0.3 is 10.6 Å². The highest BCUT2D eigenvalue weighted by Crippen LogP contribution is 2.12. The molecule has 1 aromatic carbocycles. The molecule has 0 fully saturated rings. The van der Waals surface area contributed by atoms with Gasteiger partial charge in [0, 0.05) is 30.2 Å². The molecule has 5 nitrogen and oxygen atoms in total. The van der Waals surface area contributed by atoms with Crippen molar-refractivity contribution in [2.75, 3.05) is 5.32 Å². The largest absolute Gasteiger partial charge is 0.381 e. The number of carbonyl (C=O) groups excluding carboxylic acids is 1. The molecule has 0 spiro atoms. The summed E-state index contributed by atoms with van der Waals surface area (Å²) >= 11 is 0. The van der Waals surface area contributed by atoms with Gasteiger partial charge in [0.2, 0.25) is 0 Å². The third kappa shape index (κ3) is 4.60. The van der Waals surface area contributed by atoms with E-state index < -0.39 is 0 Å². The van der Waals surface area contributed by atoms with Crippen molar-refractivity contribution in [3.8, 4) is 0 Å². The predicted molar refractivity (Wildman–Crippen MR) is 93.4 cm³/mol. The standard InChI is InChI=1S/C19H17FN4O/c20-17-7-2-1-5-14(17)12-23-15-8-10-22-18(11-15)19(25)24-13-16-6-3-4-9-21-16/h1-11H,12-13H2,(H,22,23)(H,24,25). The fourth-order valence-electron chi connectivity index (χ4n) is 2.27. The molecule has 3 aromatic rings. The number of hydrogen-bond donors (Lipinski definition) is 2. The fraction of sp³-hybridized carbons (Fsp3) is 0.105. The molecule has 2 aromatic heterocycles. The Morgan fingerprint density at radius 1 is 0.960 bits per heavy atom. The number of anilines is 1. The average Bonchev–Trinajstić information content (AvgIpc) is 2.66. The molecule has 0 unspecified atom stereocenters. The molecule has 0 bridgehead atoms. The van der Waals surface area contributed by atoms with E-state index in [0.29, 0.717) is 24.3 Å². The minimum Gasteiger partial charge on any atom is -0.381 e. The Bertz CT molecular complexity index is 855. The number of aromatic nitrogens is 2. The average molecular weight is 336 g/mol. The van der Waals surface area contributed by atoms with Crippen LogP contribution in [0.4, 0.5) is 10.1 Å². The number of rotatable bonds is 6. The summed E-state index contributed by atoms with van der Waals surface area (Å²) in [6, 6.07) is 15.4. The van der Waals surface area contributed by atoms with E-state index in [9.17, 15) is 9.18 Å². The molecule has 0 aliphatic rings.